The van der Waals surface area contributed by atoms with Crippen LogP contribution in [0.25, 0.3) is 0 Å². The Kier molecular flexibility index (Phi) is 6.21. The van der Waals surface area contributed by atoms with Crippen molar-refractivity contribution in [2.45, 2.75) is 45.6 Å². The minimum Gasteiger partial charge on any atom is -0.481 e. The normalized spacial score (nSPS) is 11.0. The van der Waals surface area contributed by atoms with Gasteiger partial charge in [-0.3, -0.25) is 4.79 Å². The third kappa shape index (κ3) is 7.34. The number of hydrogen-bond acceptors (Lipinski definition) is 2. The molecule has 0 spiro atoms. The predicted molar refractivity (Wildman–Crippen MR) is 82.4 cm³/mol. The minimum atomic E-state index is -0.857. The van der Waals surface area contributed by atoms with E-state index >= 15 is 0 Å². The number of hydrogen-bond donors (Lipinski definition) is 3. The lowest BCUT2D eigenvalue weighted by molar-refractivity contribution is -0.137. The first-order valence-electron chi connectivity index (χ1n) is 7.12. The second kappa shape index (κ2) is 7.67. The number of carboxylic acid groups (broad SMARTS) is 1. The van der Waals surface area contributed by atoms with Crippen LogP contribution in [0.2, 0.25) is 0 Å². The average molecular weight is 292 g/mol. The number of carboxylic acids is 1. The number of urea groups is 1. The monoisotopic (exact) mass is 292 g/mol. The summed E-state index contributed by atoms with van der Waals surface area (Å²) in [6.45, 7) is 6.21. The maximum absolute atomic E-state index is 11.8. The van der Waals surface area contributed by atoms with Crippen molar-refractivity contribution in [3.8, 4) is 0 Å². The summed E-state index contributed by atoms with van der Waals surface area (Å²) in [5, 5.41) is 14.3. The summed E-state index contributed by atoms with van der Waals surface area (Å²) in [7, 11) is 0. The Balaban J connectivity index is 2.32. The number of aryl methyl sites for hydroxylation is 1. The van der Waals surface area contributed by atoms with E-state index in [1.165, 1.54) is 11.1 Å². The molecular weight excluding hydrogens is 268 g/mol. The molecule has 5 nitrogen and oxygen atoms in total. The molecule has 0 heterocycles. The fourth-order valence-electron chi connectivity index (χ4n) is 2.02. The maximum atomic E-state index is 11.8. The van der Waals surface area contributed by atoms with Crippen LogP contribution in [0.4, 0.5) is 4.79 Å². The van der Waals surface area contributed by atoms with Crippen LogP contribution in [0.15, 0.2) is 24.3 Å². The summed E-state index contributed by atoms with van der Waals surface area (Å²) < 4.78 is 0. The molecule has 0 radical (unpaired) electrons. The largest absolute Gasteiger partial charge is 0.481 e. The molecule has 3 N–H and O–H groups in total. The zero-order valence-electron chi connectivity index (χ0n) is 12.9. The molecule has 1 rings (SSSR count). The van der Waals surface area contributed by atoms with Crippen molar-refractivity contribution < 1.29 is 14.7 Å². The maximum Gasteiger partial charge on any atom is 0.315 e. The Bertz CT molecular complexity index is 498. The van der Waals surface area contributed by atoms with Crippen molar-refractivity contribution in [3.63, 3.8) is 0 Å². The molecule has 0 saturated heterocycles. The van der Waals surface area contributed by atoms with E-state index in [0.717, 1.165) is 6.42 Å². The first-order chi connectivity index (χ1) is 9.78. The molecule has 0 bridgehead atoms. The summed E-state index contributed by atoms with van der Waals surface area (Å²) in [5.41, 5.74) is 1.85. The number of carbonyl (C=O) groups excluding carboxylic acids is 1. The van der Waals surface area contributed by atoms with Gasteiger partial charge in [0.15, 0.2) is 0 Å². The zero-order valence-corrected chi connectivity index (χ0v) is 12.9. The van der Waals surface area contributed by atoms with Crippen LogP contribution in [0.3, 0.4) is 0 Å². The van der Waals surface area contributed by atoms with Crippen molar-refractivity contribution in [3.05, 3.63) is 35.4 Å². The number of amides is 2. The first kappa shape index (κ1) is 17.0. The Hall–Kier alpha value is -2.04. The Morgan fingerprint density at radius 1 is 1.29 bits per heavy atom. The predicted octanol–water partition coefficient (Wildman–Crippen LogP) is 2.48. The van der Waals surface area contributed by atoms with E-state index in [4.69, 9.17) is 5.11 Å². The van der Waals surface area contributed by atoms with Gasteiger partial charge in [0.1, 0.15) is 0 Å². The van der Waals surface area contributed by atoms with Gasteiger partial charge in [0, 0.05) is 18.5 Å². The number of benzene rings is 1. The van der Waals surface area contributed by atoms with E-state index in [0.29, 0.717) is 13.0 Å². The van der Waals surface area contributed by atoms with Crippen LogP contribution < -0.4 is 10.6 Å². The van der Waals surface area contributed by atoms with Crippen molar-refractivity contribution in [1.29, 1.82) is 0 Å². The average Bonchev–Trinajstić information content (AvgIpc) is 2.36. The third-order valence-electron chi connectivity index (χ3n) is 3.20. The van der Waals surface area contributed by atoms with Crippen LogP contribution in [0.1, 0.15) is 37.8 Å². The topological polar surface area (TPSA) is 78.4 Å². The highest BCUT2D eigenvalue weighted by Crippen LogP contribution is 2.10. The van der Waals surface area contributed by atoms with Gasteiger partial charge in [-0.2, -0.15) is 0 Å². The van der Waals surface area contributed by atoms with Crippen LogP contribution in [-0.2, 0) is 11.2 Å². The lowest BCUT2D eigenvalue weighted by atomic mass is 9.99. The highest BCUT2D eigenvalue weighted by atomic mass is 16.4. The molecular formula is C16H24N2O3. The Morgan fingerprint density at radius 3 is 2.62 bits per heavy atom. The lowest BCUT2D eigenvalue weighted by Crippen LogP contribution is -2.48. The number of rotatable bonds is 7. The molecule has 1 aromatic carbocycles. The molecule has 0 atom stereocenters. The molecule has 116 valence electrons. The van der Waals surface area contributed by atoms with Crippen LogP contribution in [0.5, 0.6) is 0 Å². The summed E-state index contributed by atoms with van der Waals surface area (Å²) in [6, 6.07) is 7.90. The van der Waals surface area contributed by atoms with E-state index in [2.05, 4.69) is 16.7 Å². The first-order valence-corrected chi connectivity index (χ1v) is 7.12. The van der Waals surface area contributed by atoms with E-state index < -0.39 is 11.5 Å². The van der Waals surface area contributed by atoms with Gasteiger partial charge in [-0.15, -0.1) is 0 Å². The summed E-state index contributed by atoms with van der Waals surface area (Å²) in [6.07, 6.45) is 1.20. The smallest absolute Gasteiger partial charge is 0.315 e. The molecule has 0 saturated carbocycles. The number of aliphatic carboxylic acids is 1. The third-order valence-corrected chi connectivity index (χ3v) is 3.20. The minimum absolute atomic E-state index is 0.0383. The van der Waals surface area contributed by atoms with Gasteiger partial charge in [-0.1, -0.05) is 29.8 Å². The van der Waals surface area contributed by atoms with E-state index in [1.807, 2.05) is 39.0 Å². The molecule has 1 aromatic rings. The second-order valence-electron chi connectivity index (χ2n) is 5.90. The molecule has 0 aliphatic rings. The standard InChI is InChI=1S/C16H24N2O3/c1-12-5-4-6-13(11-12)8-10-17-15(21)18-16(2,3)9-7-14(19)20/h4-6,11H,7-10H2,1-3H3,(H,19,20)(H2,17,18,21). The molecule has 0 fully saturated rings. The number of carbonyl (C=O) groups is 2. The van der Waals surface area contributed by atoms with Crippen molar-refractivity contribution in [1.82, 2.24) is 10.6 Å². The Labute approximate surface area is 125 Å². The van der Waals surface area contributed by atoms with Gasteiger partial charge < -0.3 is 15.7 Å². The molecule has 0 aliphatic carbocycles. The van der Waals surface area contributed by atoms with Crippen LogP contribution in [-0.4, -0.2) is 29.2 Å². The van der Waals surface area contributed by atoms with Gasteiger partial charge in [-0.25, -0.2) is 4.79 Å². The summed E-state index contributed by atoms with van der Waals surface area (Å²) >= 11 is 0. The van der Waals surface area contributed by atoms with Gasteiger partial charge >= 0.3 is 12.0 Å². The van der Waals surface area contributed by atoms with Gasteiger partial charge in [-0.05, 0) is 39.2 Å². The van der Waals surface area contributed by atoms with Crippen LogP contribution >= 0.6 is 0 Å². The molecule has 0 aromatic heterocycles. The van der Waals surface area contributed by atoms with Gasteiger partial charge in [0.25, 0.3) is 0 Å². The lowest BCUT2D eigenvalue weighted by Gasteiger charge is -2.25. The molecule has 5 heteroatoms. The molecule has 2 amide bonds. The molecule has 21 heavy (non-hydrogen) atoms. The zero-order chi connectivity index (χ0) is 15.9. The van der Waals surface area contributed by atoms with E-state index in [9.17, 15) is 9.59 Å². The van der Waals surface area contributed by atoms with Crippen LogP contribution in [0, 0.1) is 6.92 Å². The van der Waals surface area contributed by atoms with Crippen molar-refractivity contribution in [2.75, 3.05) is 6.54 Å². The van der Waals surface area contributed by atoms with E-state index in [1.54, 1.807) is 0 Å². The fourth-order valence-corrected chi connectivity index (χ4v) is 2.02. The second-order valence-corrected chi connectivity index (χ2v) is 5.90. The number of nitrogens with one attached hydrogen (secondary N) is 2. The summed E-state index contributed by atoms with van der Waals surface area (Å²) in [4.78, 5) is 22.4. The molecule has 0 unspecified atom stereocenters. The van der Waals surface area contributed by atoms with E-state index in [-0.39, 0.29) is 12.5 Å². The fraction of sp³-hybridized carbons (Fsp3) is 0.500. The highest BCUT2D eigenvalue weighted by molar-refractivity contribution is 5.74. The molecule has 0 aliphatic heterocycles. The Morgan fingerprint density at radius 2 is 2.00 bits per heavy atom. The quantitative estimate of drug-likeness (QED) is 0.722. The highest BCUT2D eigenvalue weighted by Gasteiger charge is 2.21. The van der Waals surface area contributed by atoms with Crippen molar-refractivity contribution in [2.24, 2.45) is 0 Å². The van der Waals surface area contributed by atoms with Gasteiger partial charge in [0.2, 0.25) is 0 Å². The SMILES string of the molecule is Cc1cccc(CCNC(=O)NC(C)(C)CCC(=O)O)c1. The summed E-state index contributed by atoms with van der Waals surface area (Å²) in [5.74, 6) is -0.857. The van der Waals surface area contributed by atoms with Crippen molar-refractivity contribution >= 4 is 12.0 Å². The van der Waals surface area contributed by atoms with Gasteiger partial charge in [0.05, 0.1) is 0 Å².